The number of nitrogens with two attached hydrogens (primary N) is 1. The molecule has 1 saturated carbocycles. The highest BCUT2D eigenvalue weighted by Gasteiger charge is 2.43. The van der Waals surface area contributed by atoms with Gasteiger partial charge in [0, 0.05) is 19.6 Å². The molecule has 18 heavy (non-hydrogen) atoms. The third kappa shape index (κ3) is 2.23. The molecule has 2 fully saturated rings. The molecule has 2 rings (SSSR count). The van der Waals surface area contributed by atoms with E-state index in [1.165, 1.54) is 6.42 Å². The number of amides is 2. The molecule has 1 saturated heterocycles. The fraction of sp³-hybridized carbons (Fsp3) is 0.846. The van der Waals surface area contributed by atoms with Crippen LogP contribution < -0.4 is 11.1 Å². The van der Waals surface area contributed by atoms with Crippen LogP contribution in [0.25, 0.3) is 0 Å². The fourth-order valence-corrected chi connectivity index (χ4v) is 3.10. The largest absolute Gasteiger partial charge is 0.353 e. The predicted molar refractivity (Wildman–Crippen MR) is 68.8 cm³/mol. The van der Waals surface area contributed by atoms with Gasteiger partial charge in [0.05, 0.1) is 5.41 Å². The van der Waals surface area contributed by atoms with E-state index < -0.39 is 5.41 Å². The first-order valence-electron chi connectivity index (χ1n) is 6.89. The molecule has 1 atom stereocenters. The minimum absolute atomic E-state index is 0.0578. The third-order valence-electron chi connectivity index (χ3n) is 4.41. The van der Waals surface area contributed by atoms with Gasteiger partial charge in [0.25, 0.3) is 0 Å². The number of nitrogens with one attached hydrogen (secondary N) is 1. The van der Waals surface area contributed by atoms with Crippen LogP contribution in [0.2, 0.25) is 0 Å². The van der Waals surface area contributed by atoms with Gasteiger partial charge < -0.3 is 16.0 Å². The highest BCUT2D eigenvalue weighted by Crippen LogP contribution is 2.37. The summed E-state index contributed by atoms with van der Waals surface area (Å²) in [6.45, 7) is 3.35. The standard InChI is InChI=1S/C13H23N3O2/c1-10-11(17)15-7-8-16(10)12(18)13(9-14)5-3-2-4-6-13/h10H,2-9,14H2,1H3,(H,15,17). The molecule has 0 aromatic heterocycles. The molecule has 102 valence electrons. The number of rotatable bonds is 2. The Morgan fingerprint density at radius 1 is 1.44 bits per heavy atom. The van der Waals surface area contributed by atoms with Crippen molar-refractivity contribution in [3.8, 4) is 0 Å². The van der Waals surface area contributed by atoms with Crippen molar-refractivity contribution < 1.29 is 9.59 Å². The van der Waals surface area contributed by atoms with Gasteiger partial charge in [0.2, 0.25) is 11.8 Å². The zero-order chi connectivity index (χ0) is 13.2. The lowest BCUT2D eigenvalue weighted by Crippen LogP contribution is -2.60. The molecule has 1 unspecified atom stereocenters. The molecule has 1 aliphatic heterocycles. The molecular weight excluding hydrogens is 230 g/mol. The SMILES string of the molecule is CC1C(=O)NCCN1C(=O)C1(CN)CCCCC1. The van der Waals surface area contributed by atoms with Gasteiger partial charge in [0.1, 0.15) is 6.04 Å². The number of nitrogens with zero attached hydrogens (tertiary/aromatic N) is 1. The Labute approximate surface area is 108 Å². The number of carbonyl (C=O) groups is 2. The molecule has 0 radical (unpaired) electrons. The lowest BCUT2D eigenvalue weighted by Gasteiger charge is -2.42. The Hall–Kier alpha value is -1.10. The molecule has 5 heteroatoms. The Kier molecular flexibility index (Phi) is 3.90. The van der Waals surface area contributed by atoms with Crippen molar-refractivity contribution in [2.24, 2.45) is 11.1 Å². The van der Waals surface area contributed by atoms with Gasteiger partial charge in [-0.05, 0) is 19.8 Å². The van der Waals surface area contributed by atoms with Crippen LogP contribution in [0, 0.1) is 5.41 Å². The molecule has 0 bridgehead atoms. The quantitative estimate of drug-likeness (QED) is 0.740. The van der Waals surface area contributed by atoms with E-state index in [-0.39, 0.29) is 17.9 Å². The maximum atomic E-state index is 12.7. The van der Waals surface area contributed by atoms with Gasteiger partial charge in [-0.3, -0.25) is 9.59 Å². The van der Waals surface area contributed by atoms with Crippen molar-refractivity contribution in [3.63, 3.8) is 0 Å². The molecule has 1 heterocycles. The summed E-state index contributed by atoms with van der Waals surface area (Å²) in [5.41, 5.74) is 5.47. The summed E-state index contributed by atoms with van der Waals surface area (Å²) in [6, 6.07) is -0.364. The molecule has 5 nitrogen and oxygen atoms in total. The highest BCUT2D eigenvalue weighted by molar-refractivity contribution is 5.91. The molecule has 1 aliphatic carbocycles. The molecule has 0 aromatic rings. The number of carbonyl (C=O) groups excluding carboxylic acids is 2. The third-order valence-corrected chi connectivity index (χ3v) is 4.41. The van der Waals surface area contributed by atoms with Crippen molar-refractivity contribution in [1.29, 1.82) is 0 Å². The number of piperazine rings is 1. The van der Waals surface area contributed by atoms with Crippen molar-refractivity contribution >= 4 is 11.8 Å². The minimum atomic E-state index is -0.413. The Morgan fingerprint density at radius 3 is 2.72 bits per heavy atom. The van der Waals surface area contributed by atoms with Crippen molar-refractivity contribution in [1.82, 2.24) is 10.2 Å². The van der Waals surface area contributed by atoms with E-state index in [9.17, 15) is 9.59 Å². The van der Waals surface area contributed by atoms with E-state index in [0.717, 1.165) is 25.7 Å². The van der Waals surface area contributed by atoms with Gasteiger partial charge in [0.15, 0.2) is 0 Å². The smallest absolute Gasteiger partial charge is 0.242 e. The van der Waals surface area contributed by atoms with E-state index in [0.29, 0.717) is 19.6 Å². The summed E-state index contributed by atoms with van der Waals surface area (Å²) in [4.78, 5) is 26.1. The van der Waals surface area contributed by atoms with E-state index in [1.807, 2.05) is 0 Å². The van der Waals surface area contributed by atoms with Crippen LogP contribution in [0.5, 0.6) is 0 Å². The van der Waals surface area contributed by atoms with Crippen LogP contribution in [0.15, 0.2) is 0 Å². The summed E-state index contributed by atoms with van der Waals surface area (Å²) < 4.78 is 0. The van der Waals surface area contributed by atoms with Gasteiger partial charge in [-0.2, -0.15) is 0 Å². The zero-order valence-electron chi connectivity index (χ0n) is 11.1. The first kappa shape index (κ1) is 13.3. The maximum Gasteiger partial charge on any atom is 0.242 e. The average molecular weight is 253 g/mol. The summed E-state index contributed by atoms with van der Waals surface area (Å²) in [5.74, 6) is 0.0321. The average Bonchev–Trinajstić information content (AvgIpc) is 2.42. The first-order chi connectivity index (χ1) is 8.60. The molecule has 2 aliphatic rings. The van der Waals surface area contributed by atoms with E-state index in [2.05, 4.69) is 5.32 Å². The second kappa shape index (κ2) is 5.26. The van der Waals surface area contributed by atoms with Crippen LogP contribution in [-0.2, 0) is 9.59 Å². The number of hydrogen-bond acceptors (Lipinski definition) is 3. The summed E-state index contributed by atoms with van der Waals surface area (Å²) >= 11 is 0. The monoisotopic (exact) mass is 253 g/mol. The second-order valence-electron chi connectivity index (χ2n) is 5.51. The molecule has 0 spiro atoms. The summed E-state index contributed by atoms with van der Waals surface area (Å²) in [5, 5.41) is 2.79. The summed E-state index contributed by atoms with van der Waals surface area (Å²) in [7, 11) is 0. The van der Waals surface area contributed by atoms with Crippen molar-refractivity contribution in [2.45, 2.75) is 45.1 Å². The molecule has 3 N–H and O–H groups in total. The molecular formula is C13H23N3O2. The number of hydrogen-bond donors (Lipinski definition) is 2. The van der Waals surface area contributed by atoms with Crippen LogP contribution in [0.1, 0.15) is 39.0 Å². The van der Waals surface area contributed by atoms with Crippen LogP contribution in [-0.4, -0.2) is 42.4 Å². The van der Waals surface area contributed by atoms with E-state index >= 15 is 0 Å². The van der Waals surface area contributed by atoms with Crippen LogP contribution >= 0.6 is 0 Å². The fourth-order valence-electron chi connectivity index (χ4n) is 3.10. The van der Waals surface area contributed by atoms with Crippen LogP contribution in [0.4, 0.5) is 0 Å². The zero-order valence-corrected chi connectivity index (χ0v) is 11.1. The van der Waals surface area contributed by atoms with Gasteiger partial charge in [-0.1, -0.05) is 19.3 Å². The highest BCUT2D eigenvalue weighted by atomic mass is 16.2. The van der Waals surface area contributed by atoms with Crippen molar-refractivity contribution in [3.05, 3.63) is 0 Å². The minimum Gasteiger partial charge on any atom is -0.353 e. The second-order valence-corrected chi connectivity index (χ2v) is 5.51. The normalized spacial score (nSPS) is 27.8. The Bertz CT molecular complexity index is 337. The molecule has 2 amide bonds. The Balaban J connectivity index is 2.15. The van der Waals surface area contributed by atoms with Crippen molar-refractivity contribution in [2.75, 3.05) is 19.6 Å². The first-order valence-corrected chi connectivity index (χ1v) is 6.89. The Morgan fingerprint density at radius 2 is 2.11 bits per heavy atom. The lowest BCUT2D eigenvalue weighted by atomic mass is 9.72. The van der Waals surface area contributed by atoms with Gasteiger partial charge >= 0.3 is 0 Å². The topological polar surface area (TPSA) is 75.4 Å². The van der Waals surface area contributed by atoms with Gasteiger partial charge in [-0.15, -0.1) is 0 Å². The summed E-state index contributed by atoms with van der Waals surface area (Å²) in [6.07, 6.45) is 5.06. The molecule has 0 aromatic carbocycles. The van der Waals surface area contributed by atoms with E-state index in [1.54, 1.807) is 11.8 Å². The maximum absolute atomic E-state index is 12.7. The predicted octanol–water partition coefficient (Wildman–Crippen LogP) is 0.243. The lowest BCUT2D eigenvalue weighted by molar-refractivity contribution is -0.151. The van der Waals surface area contributed by atoms with E-state index in [4.69, 9.17) is 5.73 Å². The van der Waals surface area contributed by atoms with Crippen LogP contribution in [0.3, 0.4) is 0 Å². The van der Waals surface area contributed by atoms with Gasteiger partial charge in [-0.25, -0.2) is 0 Å².